The molecule has 0 aliphatic heterocycles. The maximum absolute atomic E-state index is 4.50. The first-order valence-electron chi connectivity index (χ1n) is 7.06. The van der Waals surface area contributed by atoms with Crippen LogP contribution in [0.15, 0.2) is 36.8 Å². The van der Waals surface area contributed by atoms with Crippen LogP contribution in [-0.2, 0) is 13.6 Å². The summed E-state index contributed by atoms with van der Waals surface area (Å²) in [6.45, 7) is 4.94. The van der Waals surface area contributed by atoms with Gasteiger partial charge in [0, 0.05) is 43.6 Å². The van der Waals surface area contributed by atoms with Gasteiger partial charge in [0.15, 0.2) is 5.65 Å². The highest BCUT2D eigenvalue weighted by atomic mass is 15.3. The van der Waals surface area contributed by atoms with Crippen molar-refractivity contribution in [3.8, 4) is 0 Å². The lowest BCUT2D eigenvalue weighted by molar-refractivity contribution is 0.573. The highest BCUT2D eigenvalue weighted by Crippen LogP contribution is 2.17. The second-order valence-corrected chi connectivity index (χ2v) is 5.31. The van der Waals surface area contributed by atoms with E-state index in [1.54, 1.807) is 0 Å². The molecule has 21 heavy (non-hydrogen) atoms. The van der Waals surface area contributed by atoms with Gasteiger partial charge in [-0.3, -0.25) is 9.67 Å². The minimum Gasteiger partial charge on any atom is -0.306 e. The number of aromatic nitrogens is 4. The first kappa shape index (κ1) is 13.7. The number of hydrogen-bond acceptors (Lipinski definition) is 4. The molecule has 0 saturated carbocycles. The largest absolute Gasteiger partial charge is 0.306 e. The Bertz CT molecular complexity index is 748. The molecule has 0 spiro atoms. The van der Waals surface area contributed by atoms with Crippen molar-refractivity contribution >= 4 is 11.0 Å². The Kier molecular flexibility index (Phi) is 3.66. The third kappa shape index (κ3) is 2.78. The van der Waals surface area contributed by atoms with E-state index >= 15 is 0 Å². The molecule has 1 atom stereocenters. The Morgan fingerprint density at radius 1 is 1.29 bits per heavy atom. The van der Waals surface area contributed by atoms with Gasteiger partial charge < -0.3 is 5.32 Å². The number of nitrogens with one attached hydrogen (secondary N) is 1. The predicted octanol–water partition coefficient (Wildman–Crippen LogP) is 2.52. The Morgan fingerprint density at radius 2 is 2.05 bits per heavy atom. The third-order valence-electron chi connectivity index (χ3n) is 3.74. The molecule has 0 bridgehead atoms. The number of nitrogens with zero attached hydrogens (tertiary/aromatic N) is 4. The lowest BCUT2D eigenvalue weighted by Crippen LogP contribution is -2.18. The Labute approximate surface area is 124 Å². The van der Waals surface area contributed by atoms with E-state index in [0.717, 1.165) is 23.3 Å². The molecule has 3 rings (SSSR count). The maximum atomic E-state index is 4.50. The Balaban J connectivity index is 1.75. The summed E-state index contributed by atoms with van der Waals surface area (Å²) in [6, 6.07) is 6.50. The van der Waals surface area contributed by atoms with Gasteiger partial charge in [0.25, 0.3) is 0 Å². The van der Waals surface area contributed by atoms with E-state index in [2.05, 4.69) is 33.4 Å². The van der Waals surface area contributed by atoms with Gasteiger partial charge in [0.05, 0.1) is 5.69 Å². The summed E-state index contributed by atoms with van der Waals surface area (Å²) < 4.78 is 1.82. The first-order valence-corrected chi connectivity index (χ1v) is 7.06. The summed E-state index contributed by atoms with van der Waals surface area (Å²) in [5, 5.41) is 9.03. The van der Waals surface area contributed by atoms with E-state index in [1.165, 1.54) is 11.1 Å². The van der Waals surface area contributed by atoms with Gasteiger partial charge in [0.2, 0.25) is 0 Å². The summed E-state index contributed by atoms with van der Waals surface area (Å²) in [5.74, 6) is 0. The summed E-state index contributed by atoms with van der Waals surface area (Å²) in [6.07, 6.45) is 5.55. The van der Waals surface area contributed by atoms with Crippen LogP contribution in [0.25, 0.3) is 11.0 Å². The molecule has 0 aliphatic rings. The fourth-order valence-corrected chi connectivity index (χ4v) is 2.49. The molecule has 3 aromatic heterocycles. The van der Waals surface area contributed by atoms with E-state index in [-0.39, 0.29) is 6.04 Å². The normalized spacial score (nSPS) is 12.7. The summed E-state index contributed by atoms with van der Waals surface area (Å²) >= 11 is 0. The standard InChI is InChI=1S/C16H19N5/c1-11(14-4-6-17-7-5-14)18-9-13-8-15-12(2)20-21(3)16(15)19-10-13/h4-8,10-11,18H,9H2,1-3H3/t11-/m0/s1. The van der Waals surface area contributed by atoms with Crippen LogP contribution < -0.4 is 5.32 Å². The highest BCUT2D eigenvalue weighted by molar-refractivity contribution is 5.78. The first-order chi connectivity index (χ1) is 10.1. The number of aryl methyl sites for hydroxylation is 2. The van der Waals surface area contributed by atoms with Crippen molar-refractivity contribution in [3.05, 3.63) is 53.6 Å². The molecular weight excluding hydrogens is 262 g/mol. The van der Waals surface area contributed by atoms with E-state index in [0.29, 0.717) is 0 Å². The average Bonchev–Trinajstić information content (AvgIpc) is 2.80. The maximum Gasteiger partial charge on any atom is 0.157 e. The smallest absolute Gasteiger partial charge is 0.157 e. The van der Waals surface area contributed by atoms with E-state index in [4.69, 9.17) is 0 Å². The molecule has 0 saturated heterocycles. The molecule has 0 radical (unpaired) electrons. The number of pyridine rings is 2. The molecule has 0 amide bonds. The zero-order valence-corrected chi connectivity index (χ0v) is 12.5. The van der Waals surface area contributed by atoms with E-state index in [1.807, 2.05) is 49.4 Å². The lowest BCUT2D eigenvalue weighted by Gasteiger charge is -2.13. The molecule has 5 heteroatoms. The zero-order valence-electron chi connectivity index (χ0n) is 12.5. The quantitative estimate of drug-likeness (QED) is 0.798. The fraction of sp³-hybridized carbons (Fsp3) is 0.312. The van der Waals surface area contributed by atoms with Crippen LogP contribution in [0.4, 0.5) is 0 Å². The van der Waals surface area contributed by atoms with E-state index < -0.39 is 0 Å². The Hall–Kier alpha value is -2.27. The average molecular weight is 281 g/mol. The van der Waals surface area contributed by atoms with Crippen molar-refractivity contribution in [2.24, 2.45) is 7.05 Å². The van der Waals surface area contributed by atoms with Crippen LogP contribution in [0, 0.1) is 6.92 Å². The third-order valence-corrected chi connectivity index (χ3v) is 3.74. The van der Waals surface area contributed by atoms with Crippen molar-refractivity contribution in [1.29, 1.82) is 0 Å². The van der Waals surface area contributed by atoms with E-state index in [9.17, 15) is 0 Å². The van der Waals surface area contributed by atoms with Crippen LogP contribution in [0.5, 0.6) is 0 Å². The van der Waals surface area contributed by atoms with Gasteiger partial charge >= 0.3 is 0 Å². The van der Waals surface area contributed by atoms with Gasteiger partial charge in [-0.2, -0.15) is 5.10 Å². The van der Waals surface area contributed by atoms with Crippen LogP contribution in [0.1, 0.15) is 29.8 Å². The highest BCUT2D eigenvalue weighted by Gasteiger charge is 2.08. The molecule has 0 aromatic carbocycles. The minimum atomic E-state index is 0.277. The van der Waals surface area contributed by atoms with Crippen molar-refractivity contribution in [3.63, 3.8) is 0 Å². The lowest BCUT2D eigenvalue weighted by atomic mass is 10.1. The Morgan fingerprint density at radius 3 is 2.81 bits per heavy atom. The molecule has 5 nitrogen and oxygen atoms in total. The number of fused-ring (bicyclic) bond motifs is 1. The van der Waals surface area contributed by atoms with Crippen molar-refractivity contribution in [2.45, 2.75) is 26.4 Å². The molecule has 0 fully saturated rings. The molecule has 3 aromatic rings. The topological polar surface area (TPSA) is 55.6 Å². The molecular formula is C16H19N5. The van der Waals surface area contributed by atoms with Gasteiger partial charge in [0.1, 0.15) is 0 Å². The molecule has 0 aliphatic carbocycles. The van der Waals surface area contributed by atoms with Crippen LogP contribution in [0.3, 0.4) is 0 Å². The van der Waals surface area contributed by atoms with Gasteiger partial charge in [-0.15, -0.1) is 0 Å². The second-order valence-electron chi connectivity index (χ2n) is 5.31. The van der Waals surface area contributed by atoms with Gasteiger partial charge in [-0.05, 0) is 43.2 Å². The zero-order chi connectivity index (χ0) is 14.8. The molecule has 108 valence electrons. The van der Waals surface area contributed by atoms with Gasteiger partial charge in [-0.1, -0.05) is 0 Å². The van der Waals surface area contributed by atoms with Crippen LogP contribution in [-0.4, -0.2) is 19.7 Å². The molecule has 1 N–H and O–H groups in total. The predicted molar refractivity (Wildman–Crippen MR) is 82.7 cm³/mol. The molecule has 3 heterocycles. The minimum absolute atomic E-state index is 0.277. The SMILES string of the molecule is Cc1nn(C)c2ncc(CN[C@@H](C)c3ccncc3)cc12. The van der Waals surface area contributed by atoms with Crippen LogP contribution in [0.2, 0.25) is 0 Å². The molecule has 0 unspecified atom stereocenters. The number of hydrogen-bond donors (Lipinski definition) is 1. The second kappa shape index (κ2) is 5.61. The fourth-order valence-electron chi connectivity index (χ4n) is 2.49. The summed E-state index contributed by atoms with van der Waals surface area (Å²) in [7, 11) is 1.92. The monoisotopic (exact) mass is 281 g/mol. The summed E-state index contributed by atoms with van der Waals surface area (Å²) in [4.78, 5) is 8.55. The summed E-state index contributed by atoms with van der Waals surface area (Å²) in [5.41, 5.74) is 4.35. The van der Waals surface area contributed by atoms with Crippen molar-refractivity contribution < 1.29 is 0 Å². The van der Waals surface area contributed by atoms with Gasteiger partial charge in [-0.25, -0.2) is 4.98 Å². The van der Waals surface area contributed by atoms with Crippen molar-refractivity contribution in [1.82, 2.24) is 25.1 Å². The van der Waals surface area contributed by atoms with Crippen molar-refractivity contribution in [2.75, 3.05) is 0 Å². The number of rotatable bonds is 4. The van der Waals surface area contributed by atoms with Crippen LogP contribution >= 0.6 is 0 Å².